The fourth-order valence-corrected chi connectivity index (χ4v) is 12.0. The SMILES string of the molecule is c1ccc(-c2nc(-c3ccccc3)nc(-c3cccc4c3sc3cccc(-c5cc(-c6cccc7c6sc6ccccc67)c6c(c5)sc5ccccc56)c34)n2)cc1. The first-order chi connectivity index (χ1) is 28.2. The Morgan fingerprint density at radius 3 is 1.54 bits per heavy atom. The molecule has 4 aromatic heterocycles. The molecular formula is C51H29N3S3. The lowest BCUT2D eigenvalue weighted by Crippen LogP contribution is -2.00. The first kappa shape index (κ1) is 32.7. The van der Waals surface area contributed by atoms with E-state index in [0.29, 0.717) is 17.5 Å². The monoisotopic (exact) mass is 779 g/mol. The van der Waals surface area contributed by atoms with Gasteiger partial charge in [-0.25, -0.2) is 15.0 Å². The summed E-state index contributed by atoms with van der Waals surface area (Å²) in [6.45, 7) is 0. The Bertz CT molecular complexity index is 3470. The van der Waals surface area contributed by atoms with E-state index in [4.69, 9.17) is 15.0 Å². The van der Waals surface area contributed by atoms with Crippen molar-refractivity contribution < 1.29 is 0 Å². The van der Waals surface area contributed by atoms with Crippen LogP contribution in [-0.2, 0) is 0 Å². The molecule has 0 radical (unpaired) electrons. The average molecular weight is 780 g/mol. The van der Waals surface area contributed by atoms with E-state index in [0.717, 1.165) is 16.7 Å². The Hall–Kier alpha value is -6.57. The summed E-state index contributed by atoms with van der Waals surface area (Å²) in [7, 11) is 0. The lowest BCUT2D eigenvalue weighted by atomic mass is 9.92. The maximum absolute atomic E-state index is 5.13. The van der Waals surface area contributed by atoms with E-state index in [9.17, 15) is 0 Å². The van der Waals surface area contributed by atoms with Gasteiger partial charge in [0, 0.05) is 82.8 Å². The largest absolute Gasteiger partial charge is 0.208 e. The van der Waals surface area contributed by atoms with Crippen molar-refractivity contribution in [2.45, 2.75) is 0 Å². The lowest BCUT2D eigenvalue weighted by Gasteiger charge is -2.12. The number of thiophene rings is 3. The van der Waals surface area contributed by atoms with Crippen molar-refractivity contribution in [3.8, 4) is 56.4 Å². The van der Waals surface area contributed by atoms with Crippen LogP contribution in [0.2, 0.25) is 0 Å². The molecule has 0 N–H and O–H groups in total. The highest BCUT2D eigenvalue weighted by Crippen LogP contribution is 2.49. The third-order valence-corrected chi connectivity index (χ3v) is 14.5. The van der Waals surface area contributed by atoms with E-state index in [-0.39, 0.29) is 0 Å². The molecule has 4 heterocycles. The second kappa shape index (κ2) is 13.0. The van der Waals surface area contributed by atoms with E-state index in [1.165, 1.54) is 82.8 Å². The summed E-state index contributed by atoms with van der Waals surface area (Å²) in [6.07, 6.45) is 0. The molecule has 0 bridgehead atoms. The zero-order valence-corrected chi connectivity index (χ0v) is 32.8. The molecule has 0 atom stereocenters. The Balaban J connectivity index is 1.10. The van der Waals surface area contributed by atoms with Crippen LogP contribution in [0.5, 0.6) is 0 Å². The van der Waals surface area contributed by atoms with Crippen LogP contribution in [0.15, 0.2) is 176 Å². The standard InChI is InChI=1S/C51H29N3S3/c1-3-14-30(15-4-1)49-52-50(31-16-5-2-6-17-31)54-51(53-49)39-24-12-23-38-45-33(20-13-27-43(45)57-48(38)39)32-28-40(46-37-19-8-10-26-42(37)55-44(46)29-32)36-22-11-21-35-34-18-7-9-25-41(34)56-47(35)36/h1-29H. The van der Waals surface area contributed by atoms with Crippen LogP contribution < -0.4 is 0 Å². The minimum Gasteiger partial charge on any atom is -0.208 e. The first-order valence-corrected chi connectivity index (χ1v) is 21.4. The molecular weight excluding hydrogens is 751 g/mol. The summed E-state index contributed by atoms with van der Waals surface area (Å²) in [5.41, 5.74) is 7.94. The highest BCUT2D eigenvalue weighted by Gasteiger charge is 2.21. The molecule has 0 fully saturated rings. The molecule has 0 spiro atoms. The van der Waals surface area contributed by atoms with E-state index < -0.39 is 0 Å². The van der Waals surface area contributed by atoms with Crippen molar-refractivity contribution in [1.29, 1.82) is 0 Å². The Labute approximate surface area is 339 Å². The summed E-state index contributed by atoms with van der Waals surface area (Å²) >= 11 is 5.59. The number of fused-ring (bicyclic) bond motifs is 9. The van der Waals surface area contributed by atoms with Crippen molar-refractivity contribution in [2.24, 2.45) is 0 Å². The number of benzene rings is 8. The van der Waals surface area contributed by atoms with Gasteiger partial charge in [0.2, 0.25) is 0 Å². The van der Waals surface area contributed by atoms with E-state index >= 15 is 0 Å². The van der Waals surface area contributed by atoms with Crippen LogP contribution in [0.3, 0.4) is 0 Å². The molecule has 8 aromatic carbocycles. The predicted octanol–water partition coefficient (Wildman–Crippen LogP) is 15.3. The topological polar surface area (TPSA) is 38.7 Å². The second-order valence-corrected chi connectivity index (χ2v) is 17.5. The molecule has 0 amide bonds. The van der Waals surface area contributed by atoms with Gasteiger partial charge in [-0.3, -0.25) is 0 Å². The van der Waals surface area contributed by atoms with Gasteiger partial charge in [0.15, 0.2) is 17.5 Å². The van der Waals surface area contributed by atoms with Crippen LogP contribution in [-0.4, -0.2) is 15.0 Å². The van der Waals surface area contributed by atoms with Gasteiger partial charge < -0.3 is 0 Å². The van der Waals surface area contributed by atoms with Gasteiger partial charge in [0.1, 0.15) is 0 Å². The minimum absolute atomic E-state index is 0.663. The van der Waals surface area contributed by atoms with Crippen LogP contribution in [0.25, 0.3) is 117 Å². The third kappa shape index (κ3) is 5.26. The number of hydrogen-bond acceptors (Lipinski definition) is 6. The van der Waals surface area contributed by atoms with Gasteiger partial charge >= 0.3 is 0 Å². The lowest BCUT2D eigenvalue weighted by molar-refractivity contribution is 1.08. The van der Waals surface area contributed by atoms with Crippen LogP contribution >= 0.6 is 34.0 Å². The summed E-state index contributed by atoms with van der Waals surface area (Å²) in [6, 6.07) is 63.0. The van der Waals surface area contributed by atoms with Crippen molar-refractivity contribution in [3.63, 3.8) is 0 Å². The van der Waals surface area contributed by atoms with Crippen LogP contribution in [0.1, 0.15) is 0 Å². The normalized spacial score (nSPS) is 11.9. The Morgan fingerprint density at radius 2 is 0.789 bits per heavy atom. The smallest absolute Gasteiger partial charge is 0.165 e. The highest BCUT2D eigenvalue weighted by molar-refractivity contribution is 7.27. The predicted molar refractivity (Wildman–Crippen MR) is 246 cm³/mol. The number of rotatable bonds is 5. The Kier molecular flexibility index (Phi) is 7.45. The molecule has 0 aliphatic carbocycles. The maximum atomic E-state index is 5.13. The van der Waals surface area contributed by atoms with Crippen molar-refractivity contribution in [3.05, 3.63) is 176 Å². The summed E-state index contributed by atoms with van der Waals surface area (Å²) in [5.74, 6) is 2.00. The van der Waals surface area contributed by atoms with E-state index in [1.54, 1.807) is 0 Å². The zero-order chi connectivity index (χ0) is 37.5. The van der Waals surface area contributed by atoms with Crippen LogP contribution in [0.4, 0.5) is 0 Å². The van der Waals surface area contributed by atoms with Gasteiger partial charge in [0.05, 0.1) is 0 Å². The quantitative estimate of drug-likeness (QED) is 0.175. The molecule has 0 saturated carbocycles. The molecule has 0 unspecified atom stereocenters. The van der Waals surface area contributed by atoms with Gasteiger partial charge in [-0.2, -0.15) is 0 Å². The van der Waals surface area contributed by atoms with Gasteiger partial charge in [-0.05, 0) is 53.1 Å². The highest BCUT2D eigenvalue weighted by atomic mass is 32.1. The summed E-state index contributed by atoms with van der Waals surface area (Å²) in [5, 5.41) is 7.73. The minimum atomic E-state index is 0.663. The van der Waals surface area contributed by atoms with E-state index in [2.05, 4.69) is 140 Å². The molecule has 3 nitrogen and oxygen atoms in total. The molecule has 0 aliphatic heterocycles. The molecule has 0 saturated heterocycles. The molecule has 0 aliphatic rings. The van der Waals surface area contributed by atoms with Gasteiger partial charge in [-0.15, -0.1) is 34.0 Å². The van der Waals surface area contributed by atoms with Crippen molar-refractivity contribution in [1.82, 2.24) is 15.0 Å². The van der Waals surface area contributed by atoms with Gasteiger partial charge in [-0.1, -0.05) is 140 Å². The molecule has 12 aromatic rings. The fraction of sp³-hybridized carbons (Fsp3) is 0. The van der Waals surface area contributed by atoms with E-state index in [1.807, 2.05) is 70.4 Å². The average Bonchev–Trinajstić information content (AvgIpc) is 3.98. The summed E-state index contributed by atoms with van der Waals surface area (Å²) in [4.78, 5) is 15.2. The van der Waals surface area contributed by atoms with Crippen LogP contribution in [0, 0.1) is 0 Å². The molecule has 57 heavy (non-hydrogen) atoms. The molecule has 266 valence electrons. The molecule has 6 heteroatoms. The Morgan fingerprint density at radius 1 is 0.281 bits per heavy atom. The maximum Gasteiger partial charge on any atom is 0.165 e. The van der Waals surface area contributed by atoms with Gasteiger partial charge in [0.25, 0.3) is 0 Å². The number of nitrogens with zero attached hydrogens (tertiary/aromatic N) is 3. The van der Waals surface area contributed by atoms with Crippen molar-refractivity contribution >= 4 is 94.5 Å². The fourth-order valence-electron chi connectivity index (χ4n) is 8.38. The summed E-state index contributed by atoms with van der Waals surface area (Å²) < 4.78 is 7.66. The zero-order valence-electron chi connectivity index (χ0n) is 30.3. The first-order valence-electron chi connectivity index (χ1n) is 18.9. The molecule has 12 rings (SSSR count). The van der Waals surface area contributed by atoms with Crippen molar-refractivity contribution in [2.75, 3.05) is 0 Å². The number of aromatic nitrogens is 3. The number of hydrogen-bond donors (Lipinski definition) is 0. The third-order valence-electron chi connectivity index (χ3n) is 10.9. The second-order valence-electron chi connectivity index (χ2n) is 14.3.